The normalized spacial score (nSPS) is 10.9. The fraction of sp³-hybridized carbons (Fsp3) is 0.0952. The van der Waals surface area contributed by atoms with Crippen molar-refractivity contribution >= 4 is 28.3 Å². The first-order valence-electron chi connectivity index (χ1n) is 8.76. The van der Waals surface area contributed by atoms with Crippen molar-refractivity contribution in [1.29, 1.82) is 0 Å². The van der Waals surface area contributed by atoms with Crippen LogP contribution in [0.15, 0.2) is 60.9 Å². The number of halogens is 1. The Balaban J connectivity index is 1.45. The van der Waals surface area contributed by atoms with Crippen LogP contribution in [0.3, 0.4) is 0 Å². The number of H-pyrrole nitrogens is 2. The van der Waals surface area contributed by atoms with Gasteiger partial charge in [-0.2, -0.15) is 5.10 Å². The summed E-state index contributed by atoms with van der Waals surface area (Å²) in [5.41, 5.74) is 3.09. The highest BCUT2D eigenvalue weighted by atomic mass is 19.1. The van der Waals surface area contributed by atoms with Crippen molar-refractivity contribution in [3.8, 4) is 0 Å². The summed E-state index contributed by atoms with van der Waals surface area (Å²) in [6.07, 6.45) is 3.66. The number of ketones is 1. The molecule has 2 aromatic heterocycles. The molecule has 0 spiro atoms. The van der Waals surface area contributed by atoms with Gasteiger partial charge in [-0.1, -0.05) is 18.2 Å². The van der Waals surface area contributed by atoms with Crippen molar-refractivity contribution in [1.82, 2.24) is 15.2 Å². The quantitative estimate of drug-likeness (QED) is 0.480. The molecule has 4 rings (SSSR count). The standard InChI is InChI=1S/C21H17FN4O2/c22-15-5-7-16(8-6-15)25-21(28)20-14(12-24-26-20)10-17(27)9-13-11-23-19-4-2-1-3-18(13)19/h1-8,11-12,23H,9-10H2,(H,24,26)(H,25,28). The highest BCUT2D eigenvalue weighted by Crippen LogP contribution is 2.19. The van der Waals surface area contributed by atoms with Crippen molar-refractivity contribution in [2.75, 3.05) is 5.32 Å². The van der Waals surface area contributed by atoms with E-state index in [1.54, 1.807) is 0 Å². The van der Waals surface area contributed by atoms with Gasteiger partial charge in [-0.15, -0.1) is 0 Å². The fourth-order valence-electron chi connectivity index (χ4n) is 3.13. The number of anilines is 1. The molecule has 0 atom stereocenters. The Morgan fingerprint density at radius 1 is 1.00 bits per heavy atom. The zero-order chi connectivity index (χ0) is 19.5. The zero-order valence-corrected chi connectivity index (χ0v) is 14.8. The van der Waals surface area contributed by atoms with E-state index in [0.29, 0.717) is 11.3 Å². The predicted octanol–water partition coefficient (Wildman–Crippen LogP) is 3.64. The van der Waals surface area contributed by atoms with E-state index in [-0.39, 0.29) is 30.1 Å². The number of Topliss-reactive ketones (excluding diaryl/α,β-unsaturated/α-hetero) is 1. The third kappa shape index (κ3) is 3.68. The first-order valence-corrected chi connectivity index (χ1v) is 8.76. The van der Waals surface area contributed by atoms with Gasteiger partial charge in [-0.05, 0) is 35.9 Å². The van der Waals surface area contributed by atoms with Crippen LogP contribution in [0.25, 0.3) is 10.9 Å². The molecule has 0 saturated heterocycles. The van der Waals surface area contributed by atoms with Crippen LogP contribution in [0.5, 0.6) is 0 Å². The second-order valence-electron chi connectivity index (χ2n) is 6.48. The summed E-state index contributed by atoms with van der Waals surface area (Å²) in [7, 11) is 0. The van der Waals surface area contributed by atoms with E-state index >= 15 is 0 Å². The minimum absolute atomic E-state index is 0.0259. The molecule has 1 amide bonds. The van der Waals surface area contributed by atoms with E-state index in [0.717, 1.165) is 16.5 Å². The Morgan fingerprint density at radius 2 is 1.75 bits per heavy atom. The van der Waals surface area contributed by atoms with Crippen LogP contribution in [-0.2, 0) is 17.6 Å². The molecule has 4 aromatic rings. The number of carbonyl (C=O) groups excluding carboxylic acids is 2. The maximum atomic E-state index is 13.0. The van der Waals surface area contributed by atoms with E-state index in [4.69, 9.17) is 0 Å². The van der Waals surface area contributed by atoms with Crippen molar-refractivity contribution in [3.05, 3.63) is 83.6 Å². The number of para-hydroxylation sites is 1. The maximum Gasteiger partial charge on any atom is 0.273 e. The Kier molecular flexibility index (Phi) is 4.72. The smallest absolute Gasteiger partial charge is 0.273 e. The van der Waals surface area contributed by atoms with E-state index in [1.165, 1.54) is 30.5 Å². The van der Waals surface area contributed by atoms with E-state index in [2.05, 4.69) is 20.5 Å². The Hall–Kier alpha value is -3.74. The van der Waals surface area contributed by atoms with E-state index in [9.17, 15) is 14.0 Å². The van der Waals surface area contributed by atoms with Crippen LogP contribution in [0.2, 0.25) is 0 Å². The van der Waals surface area contributed by atoms with Gasteiger partial charge in [-0.25, -0.2) is 4.39 Å². The molecular weight excluding hydrogens is 359 g/mol. The molecule has 0 saturated carbocycles. The number of hydrogen-bond donors (Lipinski definition) is 3. The maximum absolute atomic E-state index is 13.0. The lowest BCUT2D eigenvalue weighted by atomic mass is 10.0. The van der Waals surface area contributed by atoms with E-state index in [1.807, 2.05) is 30.5 Å². The molecular formula is C21H17FN4O2. The van der Waals surface area contributed by atoms with Gasteiger partial charge in [0.1, 0.15) is 17.3 Å². The van der Waals surface area contributed by atoms with Crippen LogP contribution in [0.4, 0.5) is 10.1 Å². The third-order valence-corrected chi connectivity index (χ3v) is 4.50. The van der Waals surface area contributed by atoms with Gasteiger partial charge in [0.05, 0.1) is 6.20 Å². The van der Waals surface area contributed by atoms with Crippen molar-refractivity contribution in [2.45, 2.75) is 12.8 Å². The number of aromatic amines is 2. The number of fused-ring (bicyclic) bond motifs is 1. The molecule has 2 aromatic carbocycles. The average Bonchev–Trinajstić information content (AvgIpc) is 3.31. The largest absolute Gasteiger partial charge is 0.361 e. The lowest BCUT2D eigenvalue weighted by molar-refractivity contribution is -0.117. The molecule has 0 aliphatic carbocycles. The molecule has 28 heavy (non-hydrogen) atoms. The zero-order valence-electron chi connectivity index (χ0n) is 14.8. The molecule has 7 heteroatoms. The summed E-state index contributed by atoms with van der Waals surface area (Å²) in [4.78, 5) is 28.2. The topological polar surface area (TPSA) is 90.6 Å². The molecule has 3 N–H and O–H groups in total. The number of amides is 1. The summed E-state index contributed by atoms with van der Waals surface area (Å²) in [5.74, 6) is -0.843. The molecule has 140 valence electrons. The highest BCUT2D eigenvalue weighted by Gasteiger charge is 2.18. The molecule has 0 unspecified atom stereocenters. The van der Waals surface area contributed by atoms with Gasteiger partial charge in [-0.3, -0.25) is 14.7 Å². The molecule has 2 heterocycles. The van der Waals surface area contributed by atoms with Crippen molar-refractivity contribution in [2.24, 2.45) is 0 Å². The lowest BCUT2D eigenvalue weighted by Crippen LogP contribution is -2.16. The fourth-order valence-corrected chi connectivity index (χ4v) is 3.13. The first-order chi connectivity index (χ1) is 13.6. The molecule has 6 nitrogen and oxygen atoms in total. The van der Waals surface area contributed by atoms with Crippen LogP contribution >= 0.6 is 0 Å². The highest BCUT2D eigenvalue weighted by molar-refractivity contribution is 6.04. The van der Waals surface area contributed by atoms with Crippen molar-refractivity contribution in [3.63, 3.8) is 0 Å². The van der Waals surface area contributed by atoms with Crippen molar-refractivity contribution < 1.29 is 14.0 Å². The van der Waals surface area contributed by atoms with Gasteiger partial charge in [0.15, 0.2) is 0 Å². The van der Waals surface area contributed by atoms with Crippen LogP contribution in [0, 0.1) is 5.82 Å². The average molecular weight is 376 g/mol. The Labute approximate surface area is 159 Å². The van der Waals surface area contributed by atoms with E-state index < -0.39 is 5.91 Å². The predicted molar refractivity (Wildman–Crippen MR) is 104 cm³/mol. The molecule has 0 aliphatic heterocycles. The number of rotatable bonds is 6. The number of carbonyl (C=O) groups is 2. The monoisotopic (exact) mass is 376 g/mol. The lowest BCUT2D eigenvalue weighted by Gasteiger charge is -2.06. The summed E-state index contributed by atoms with van der Waals surface area (Å²) in [6, 6.07) is 13.2. The van der Waals surface area contributed by atoms with Crippen LogP contribution < -0.4 is 5.32 Å². The SMILES string of the molecule is O=C(Cc1cn[nH]c1C(=O)Nc1ccc(F)cc1)Cc1c[nH]c2ccccc12. The summed E-state index contributed by atoms with van der Waals surface area (Å²) >= 11 is 0. The van der Waals surface area contributed by atoms with Gasteiger partial charge < -0.3 is 10.3 Å². The van der Waals surface area contributed by atoms with Gasteiger partial charge >= 0.3 is 0 Å². The number of hydrogen-bond acceptors (Lipinski definition) is 3. The van der Waals surface area contributed by atoms with Crippen LogP contribution in [-0.4, -0.2) is 26.9 Å². The number of nitrogens with zero attached hydrogens (tertiary/aromatic N) is 1. The Bertz CT molecular complexity index is 1140. The molecule has 0 bridgehead atoms. The van der Waals surface area contributed by atoms with Gasteiger partial charge in [0.2, 0.25) is 0 Å². The summed E-state index contributed by atoms with van der Waals surface area (Å²) < 4.78 is 13.0. The number of nitrogens with one attached hydrogen (secondary N) is 3. The number of aromatic nitrogens is 3. The molecule has 0 radical (unpaired) electrons. The molecule has 0 fully saturated rings. The third-order valence-electron chi connectivity index (χ3n) is 4.50. The van der Waals surface area contributed by atoms with Gasteiger partial charge in [0, 0.05) is 41.2 Å². The minimum Gasteiger partial charge on any atom is -0.361 e. The Morgan fingerprint density at radius 3 is 2.57 bits per heavy atom. The molecule has 0 aliphatic rings. The second kappa shape index (κ2) is 7.48. The van der Waals surface area contributed by atoms with Crippen LogP contribution in [0.1, 0.15) is 21.6 Å². The number of benzene rings is 2. The minimum atomic E-state index is -0.431. The van der Waals surface area contributed by atoms with Gasteiger partial charge in [0.25, 0.3) is 5.91 Å². The first kappa shape index (κ1) is 17.7. The summed E-state index contributed by atoms with van der Waals surface area (Å²) in [5, 5.41) is 10.2. The second-order valence-corrected chi connectivity index (χ2v) is 6.48. The summed E-state index contributed by atoms with van der Waals surface area (Å²) in [6.45, 7) is 0.